The molecule has 0 N–H and O–H groups in total. The molecule has 0 fully saturated rings. The molecule has 2 heterocycles. The number of aromatic nitrogens is 2. The van der Waals surface area contributed by atoms with Crippen LogP contribution in [-0.4, -0.2) is 22.0 Å². The second-order valence-electron chi connectivity index (χ2n) is 4.37. The Labute approximate surface area is 116 Å². The van der Waals surface area contributed by atoms with Crippen LogP contribution in [0.2, 0.25) is 0 Å². The molecule has 20 heavy (non-hydrogen) atoms. The third kappa shape index (κ3) is 2.16. The minimum atomic E-state index is -0.354. The van der Waals surface area contributed by atoms with Crippen LogP contribution in [0.4, 0.5) is 0 Å². The molecule has 0 spiro atoms. The highest BCUT2D eigenvalue weighted by atomic mass is 16.5. The summed E-state index contributed by atoms with van der Waals surface area (Å²) in [5.74, 6) is -0.354. The second-order valence-corrected chi connectivity index (χ2v) is 4.37. The summed E-state index contributed by atoms with van der Waals surface area (Å²) in [5.41, 5.74) is 3.37. The number of benzene rings is 1. The van der Waals surface area contributed by atoms with Gasteiger partial charge in [-0.05, 0) is 30.2 Å². The number of esters is 1. The molecule has 0 bridgehead atoms. The lowest BCUT2D eigenvalue weighted by Crippen LogP contribution is -2.07. The standard InChI is InChI=1S/C16H14N2O2/c1-2-20-16(19)14-11-17-15-10-13(8-9-18(14)15)12-6-4-3-5-7-12/h3-11H,2H2,1H3. The van der Waals surface area contributed by atoms with Crippen molar-refractivity contribution in [1.82, 2.24) is 9.38 Å². The van der Waals surface area contributed by atoms with Crippen LogP contribution in [0.25, 0.3) is 16.8 Å². The molecule has 0 amide bonds. The van der Waals surface area contributed by atoms with Crippen LogP contribution in [0, 0.1) is 0 Å². The van der Waals surface area contributed by atoms with Crippen molar-refractivity contribution in [3.63, 3.8) is 0 Å². The molecule has 3 rings (SSSR count). The van der Waals surface area contributed by atoms with Crippen LogP contribution in [0.1, 0.15) is 17.4 Å². The van der Waals surface area contributed by atoms with E-state index in [0.29, 0.717) is 12.3 Å². The van der Waals surface area contributed by atoms with Gasteiger partial charge in [-0.15, -0.1) is 0 Å². The largest absolute Gasteiger partial charge is 0.461 e. The maximum atomic E-state index is 11.8. The lowest BCUT2D eigenvalue weighted by Gasteiger charge is -2.04. The molecule has 0 aliphatic rings. The Kier molecular flexibility index (Phi) is 3.21. The predicted octanol–water partition coefficient (Wildman–Crippen LogP) is 3.18. The topological polar surface area (TPSA) is 43.6 Å². The molecule has 0 saturated heterocycles. The Hall–Kier alpha value is -2.62. The fourth-order valence-corrected chi connectivity index (χ4v) is 2.15. The van der Waals surface area contributed by atoms with E-state index in [1.807, 2.05) is 48.7 Å². The maximum absolute atomic E-state index is 11.8. The fraction of sp³-hybridized carbons (Fsp3) is 0.125. The van der Waals surface area contributed by atoms with Gasteiger partial charge in [0.05, 0.1) is 12.8 Å². The van der Waals surface area contributed by atoms with Crippen LogP contribution < -0.4 is 0 Å². The molecule has 0 saturated carbocycles. The van der Waals surface area contributed by atoms with Gasteiger partial charge in [-0.2, -0.15) is 0 Å². The van der Waals surface area contributed by atoms with E-state index in [4.69, 9.17) is 4.74 Å². The van der Waals surface area contributed by atoms with Crippen molar-refractivity contribution in [3.8, 4) is 11.1 Å². The smallest absolute Gasteiger partial charge is 0.356 e. The van der Waals surface area contributed by atoms with Crippen molar-refractivity contribution in [1.29, 1.82) is 0 Å². The molecule has 2 aromatic heterocycles. The van der Waals surface area contributed by atoms with E-state index in [0.717, 1.165) is 16.8 Å². The van der Waals surface area contributed by atoms with Gasteiger partial charge in [0.2, 0.25) is 0 Å². The summed E-state index contributed by atoms with van der Waals surface area (Å²) in [7, 11) is 0. The average Bonchev–Trinajstić information content (AvgIpc) is 2.91. The normalized spacial score (nSPS) is 10.7. The fourth-order valence-electron chi connectivity index (χ4n) is 2.15. The number of carbonyl (C=O) groups is 1. The number of nitrogens with zero attached hydrogens (tertiary/aromatic N) is 2. The van der Waals surface area contributed by atoms with E-state index in [1.54, 1.807) is 17.5 Å². The van der Waals surface area contributed by atoms with E-state index in [9.17, 15) is 4.79 Å². The first-order chi connectivity index (χ1) is 9.79. The Balaban J connectivity index is 2.04. The molecular weight excluding hydrogens is 252 g/mol. The third-order valence-electron chi connectivity index (χ3n) is 3.10. The molecular formula is C16H14N2O2. The van der Waals surface area contributed by atoms with Crippen LogP contribution in [0.3, 0.4) is 0 Å². The van der Waals surface area contributed by atoms with Gasteiger partial charge < -0.3 is 4.74 Å². The minimum Gasteiger partial charge on any atom is -0.461 e. The van der Waals surface area contributed by atoms with Crippen LogP contribution in [0.15, 0.2) is 54.9 Å². The van der Waals surface area contributed by atoms with Crippen LogP contribution in [-0.2, 0) is 4.74 Å². The zero-order chi connectivity index (χ0) is 13.9. The van der Waals surface area contributed by atoms with Crippen molar-refractivity contribution in [2.75, 3.05) is 6.61 Å². The highest BCUT2D eigenvalue weighted by Crippen LogP contribution is 2.21. The number of imidazole rings is 1. The SMILES string of the molecule is CCOC(=O)c1cnc2cc(-c3ccccc3)ccn12. The number of ether oxygens (including phenoxy) is 1. The first-order valence-electron chi connectivity index (χ1n) is 6.49. The summed E-state index contributed by atoms with van der Waals surface area (Å²) in [6, 6.07) is 14.0. The summed E-state index contributed by atoms with van der Waals surface area (Å²) in [5, 5.41) is 0. The number of hydrogen-bond acceptors (Lipinski definition) is 3. The van der Waals surface area contributed by atoms with Crippen molar-refractivity contribution >= 4 is 11.6 Å². The molecule has 4 nitrogen and oxygen atoms in total. The van der Waals surface area contributed by atoms with Crippen molar-refractivity contribution in [3.05, 3.63) is 60.6 Å². The molecule has 0 atom stereocenters. The zero-order valence-electron chi connectivity index (χ0n) is 11.1. The number of hydrogen-bond donors (Lipinski definition) is 0. The summed E-state index contributed by atoms with van der Waals surface area (Å²) >= 11 is 0. The molecule has 0 radical (unpaired) electrons. The maximum Gasteiger partial charge on any atom is 0.356 e. The minimum absolute atomic E-state index is 0.354. The number of rotatable bonds is 3. The van der Waals surface area contributed by atoms with E-state index in [1.165, 1.54) is 0 Å². The molecule has 4 heteroatoms. The average molecular weight is 266 g/mol. The van der Waals surface area contributed by atoms with Gasteiger partial charge in [0.25, 0.3) is 0 Å². The molecule has 100 valence electrons. The van der Waals surface area contributed by atoms with Crippen molar-refractivity contribution < 1.29 is 9.53 Å². The Morgan fingerprint density at radius 1 is 1.20 bits per heavy atom. The molecule has 0 aliphatic heterocycles. The van der Waals surface area contributed by atoms with Crippen LogP contribution >= 0.6 is 0 Å². The Bertz CT molecular complexity index is 748. The number of fused-ring (bicyclic) bond motifs is 1. The van der Waals surface area contributed by atoms with Gasteiger partial charge in [0.1, 0.15) is 5.65 Å². The van der Waals surface area contributed by atoms with Crippen molar-refractivity contribution in [2.24, 2.45) is 0 Å². The lowest BCUT2D eigenvalue weighted by atomic mass is 10.1. The molecule has 3 aromatic rings. The van der Waals surface area contributed by atoms with E-state index in [2.05, 4.69) is 4.98 Å². The second kappa shape index (κ2) is 5.17. The zero-order valence-corrected chi connectivity index (χ0v) is 11.1. The summed E-state index contributed by atoms with van der Waals surface area (Å²) in [6.07, 6.45) is 3.39. The first kappa shape index (κ1) is 12.4. The number of pyridine rings is 1. The van der Waals surface area contributed by atoms with Crippen molar-refractivity contribution in [2.45, 2.75) is 6.92 Å². The number of carbonyl (C=O) groups excluding carboxylic acids is 1. The lowest BCUT2D eigenvalue weighted by molar-refractivity contribution is 0.0518. The molecule has 0 aliphatic carbocycles. The third-order valence-corrected chi connectivity index (χ3v) is 3.10. The Morgan fingerprint density at radius 3 is 2.75 bits per heavy atom. The van der Waals surface area contributed by atoms with Crippen LogP contribution in [0.5, 0.6) is 0 Å². The summed E-state index contributed by atoms with van der Waals surface area (Å²) in [4.78, 5) is 16.1. The van der Waals surface area contributed by atoms with Gasteiger partial charge >= 0.3 is 5.97 Å². The molecule has 1 aromatic carbocycles. The predicted molar refractivity (Wildman–Crippen MR) is 76.6 cm³/mol. The highest BCUT2D eigenvalue weighted by Gasteiger charge is 2.13. The molecule has 0 unspecified atom stereocenters. The van der Waals surface area contributed by atoms with Gasteiger partial charge in [-0.3, -0.25) is 4.40 Å². The van der Waals surface area contributed by atoms with E-state index < -0.39 is 0 Å². The van der Waals surface area contributed by atoms with Gasteiger partial charge in [-0.1, -0.05) is 30.3 Å². The summed E-state index contributed by atoms with van der Waals surface area (Å²) < 4.78 is 6.75. The van der Waals surface area contributed by atoms with Gasteiger partial charge in [0, 0.05) is 6.20 Å². The van der Waals surface area contributed by atoms with Gasteiger partial charge in [-0.25, -0.2) is 9.78 Å². The summed E-state index contributed by atoms with van der Waals surface area (Å²) in [6.45, 7) is 2.14. The Morgan fingerprint density at radius 2 is 2.00 bits per heavy atom. The van der Waals surface area contributed by atoms with E-state index >= 15 is 0 Å². The quantitative estimate of drug-likeness (QED) is 0.684. The highest BCUT2D eigenvalue weighted by molar-refractivity contribution is 5.88. The van der Waals surface area contributed by atoms with Gasteiger partial charge in [0.15, 0.2) is 5.69 Å². The first-order valence-corrected chi connectivity index (χ1v) is 6.49. The monoisotopic (exact) mass is 266 g/mol. The van der Waals surface area contributed by atoms with E-state index in [-0.39, 0.29) is 5.97 Å².